The van der Waals surface area contributed by atoms with E-state index in [1.165, 1.54) is 6.07 Å². The Bertz CT molecular complexity index is 310. The van der Waals surface area contributed by atoms with Crippen molar-refractivity contribution in [3.8, 4) is 0 Å². The van der Waals surface area contributed by atoms with Crippen molar-refractivity contribution in [2.75, 3.05) is 0 Å². The van der Waals surface area contributed by atoms with Crippen LogP contribution in [-0.4, -0.2) is 0 Å². The predicted molar refractivity (Wildman–Crippen MR) is 56.3 cm³/mol. The summed E-state index contributed by atoms with van der Waals surface area (Å²) in [6.07, 6.45) is 0. The van der Waals surface area contributed by atoms with E-state index in [4.69, 9.17) is 17.3 Å². The van der Waals surface area contributed by atoms with Gasteiger partial charge in [-0.25, -0.2) is 4.39 Å². The Morgan fingerprint density at radius 3 is 2.38 bits per heavy atom. The van der Waals surface area contributed by atoms with Gasteiger partial charge >= 0.3 is 0 Å². The molecule has 0 saturated heterocycles. The summed E-state index contributed by atoms with van der Waals surface area (Å²) in [6.45, 7) is 3.60. The highest BCUT2D eigenvalue weighted by Gasteiger charge is 2.17. The van der Waals surface area contributed by atoms with E-state index in [2.05, 4.69) is 15.9 Å². The third kappa shape index (κ3) is 2.42. The number of nitrogens with two attached hydrogens (primary N) is 1. The molecule has 2 N–H and O–H groups in total. The van der Waals surface area contributed by atoms with E-state index < -0.39 is 5.54 Å². The minimum absolute atomic E-state index is 0.280. The van der Waals surface area contributed by atoms with Gasteiger partial charge in [-0.2, -0.15) is 0 Å². The molecular formula is C9H10BrClFN. The van der Waals surface area contributed by atoms with Crippen LogP contribution in [0.2, 0.25) is 5.02 Å². The molecule has 1 nitrogen and oxygen atoms in total. The van der Waals surface area contributed by atoms with Crippen LogP contribution in [0.1, 0.15) is 19.4 Å². The monoisotopic (exact) mass is 265 g/mol. The second kappa shape index (κ2) is 3.56. The summed E-state index contributed by atoms with van der Waals surface area (Å²) < 4.78 is 13.5. The molecule has 1 rings (SSSR count). The fourth-order valence-corrected chi connectivity index (χ4v) is 1.36. The first-order chi connectivity index (χ1) is 5.82. The van der Waals surface area contributed by atoms with Gasteiger partial charge in [0.25, 0.3) is 0 Å². The molecule has 0 aliphatic rings. The van der Waals surface area contributed by atoms with Crippen LogP contribution >= 0.6 is 27.5 Å². The maximum absolute atomic E-state index is 13.2. The van der Waals surface area contributed by atoms with Gasteiger partial charge in [0.2, 0.25) is 0 Å². The SMILES string of the molecule is CC(C)(N)c1cc(F)c(Br)c(Cl)c1. The lowest BCUT2D eigenvalue weighted by Crippen LogP contribution is -2.28. The van der Waals surface area contributed by atoms with E-state index in [0.29, 0.717) is 10.6 Å². The van der Waals surface area contributed by atoms with E-state index in [1.54, 1.807) is 19.9 Å². The average molecular weight is 267 g/mol. The molecule has 0 spiro atoms. The predicted octanol–water partition coefficient (Wildman–Crippen LogP) is 3.44. The lowest BCUT2D eigenvalue weighted by Gasteiger charge is -2.19. The molecule has 1 aromatic rings. The van der Waals surface area contributed by atoms with Crippen molar-refractivity contribution in [2.45, 2.75) is 19.4 Å². The van der Waals surface area contributed by atoms with Crippen molar-refractivity contribution in [1.82, 2.24) is 0 Å². The van der Waals surface area contributed by atoms with Crippen LogP contribution < -0.4 is 5.73 Å². The maximum atomic E-state index is 13.2. The van der Waals surface area contributed by atoms with Crippen LogP contribution in [-0.2, 0) is 5.54 Å². The van der Waals surface area contributed by atoms with Gasteiger partial charge in [0.1, 0.15) is 5.82 Å². The first-order valence-corrected chi connectivity index (χ1v) is 4.93. The third-order valence-electron chi connectivity index (χ3n) is 1.73. The molecule has 0 unspecified atom stereocenters. The van der Waals surface area contributed by atoms with Crippen LogP contribution in [0.25, 0.3) is 0 Å². The molecular weight excluding hydrogens is 256 g/mol. The fourth-order valence-electron chi connectivity index (χ4n) is 0.928. The van der Waals surface area contributed by atoms with Crippen LogP contribution in [0.5, 0.6) is 0 Å². The molecule has 0 atom stereocenters. The molecule has 4 heteroatoms. The fraction of sp³-hybridized carbons (Fsp3) is 0.333. The number of rotatable bonds is 1. The normalized spacial score (nSPS) is 11.8. The third-order valence-corrected chi connectivity index (χ3v) is 3.06. The van der Waals surface area contributed by atoms with Gasteiger partial charge in [0.05, 0.1) is 9.50 Å². The molecule has 0 heterocycles. The summed E-state index contributed by atoms with van der Waals surface area (Å²) in [4.78, 5) is 0. The molecule has 1 aromatic carbocycles. The highest BCUT2D eigenvalue weighted by Crippen LogP contribution is 2.30. The number of halogens is 3. The summed E-state index contributed by atoms with van der Waals surface area (Å²) >= 11 is 8.81. The lowest BCUT2D eigenvalue weighted by atomic mass is 9.96. The van der Waals surface area contributed by atoms with Crippen LogP contribution in [0.3, 0.4) is 0 Å². The van der Waals surface area contributed by atoms with E-state index in [-0.39, 0.29) is 10.3 Å². The van der Waals surface area contributed by atoms with Crippen molar-refractivity contribution in [3.05, 3.63) is 33.0 Å². The molecule has 0 aliphatic heterocycles. The van der Waals surface area contributed by atoms with Gasteiger partial charge in [-0.15, -0.1) is 0 Å². The highest BCUT2D eigenvalue weighted by atomic mass is 79.9. The van der Waals surface area contributed by atoms with Crippen LogP contribution in [0.15, 0.2) is 16.6 Å². The van der Waals surface area contributed by atoms with E-state index in [0.717, 1.165) is 0 Å². The second-order valence-corrected chi connectivity index (χ2v) is 4.68. The zero-order valence-electron chi connectivity index (χ0n) is 7.37. The standard InChI is InChI=1S/C9H10BrClFN/c1-9(2,13)5-3-6(11)8(10)7(12)4-5/h3-4H,13H2,1-2H3. The summed E-state index contributed by atoms with van der Waals surface area (Å²) in [6, 6.07) is 3.05. The Morgan fingerprint density at radius 2 is 2.00 bits per heavy atom. The topological polar surface area (TPSA) is 26.0 Å². The van der Waals surface area contributed by atoms with E-state index >= 15 is 0 Å². The first kappa shape index (κ1) is 11.0. The molecule has 0 saturated carbocycles. The Labute approximate surface area is 90.2 Å². The second-order valence-electron chi connectivity index (χ2n) is 3.48. The molecule has 0 aromatic heterocycles. The van der Waals surface area contributed by atoms with Crippen molar-refractivity contribution in [2.24, 2.45) is 5.73 Å². The largest absolute Gasteiger partial charge is 0.322 e. The summed E-state index contributed by atoms with van der Waals surface area (Å²) in [7, 11) is 0. The molecule has 0 bridgehead atoms. The van der Waals surface area contributed by atoms with Gasteiger partial charge in [-0.05, 0) is 47.5 Å². The van der Waals surface area contributed by atoms with E-state index in [9.17, 15) is 4.39 Å². The average Bonchev–Trinajstić information content (AvgIpc) is 1.97. The summed E-state index contributed by atoms with van der Waals surface area (Å²) in [5, 5.41) is 0.341. The van der Waals surface area contributed by atoms with E-state index in [1.807, 2.05) is 0 Å². The van der Waals surface area contributed by atoms with Gasteiger partial charge in [0, 0.05) is 5.54 Å². The molecule has 0 fully saturated rings. The quantitative estimate of drug-likeness (QED) is 0.774. The van der Waals surface area contributed by atoms with Crippen molar-refractivity contribution in [1.29, 1.82) is 0 Å². The zero-order valence-corrected chi connectivity index (χ0v) is 9.71. The van der Waals surface area contributed by atoms with Crippen molar-refractivity contribution >= 4 is 27.5 Å². The van der Waals surface area contributed by atoms with Crippen molar-refractivity contribution in [3.63, 3.8) is 0 Å². The summed E-state index contributed by atoms with van der Waals surface area (Å²) in [5.41, 5.74) is 5.90. The van der Waals surface area contributed by atoms with Gasteiger partial charge in [-0.3, -0.25) is 0 Å². The maximum Gasteiger partial charge on any atom is 0.139 e. The Kier molecular flexibility index (Phi) is 3.00. The van der Waals surface area contributed by atoms with Crippen molar-refractivity contribution < 1.29 is 4.39 Å². The number of hydrogen-bond donors (Lipinski definition) is 1. The number of benzene rings is 1. The van der Waals surface area contributed by atoms with Gasteiger partial charge < -0.3 is 5.73 Å². The molecule has 0 amide bonds. The van der Waals surface area contributed by atoms with Crippen LogP contribution in [0.4, 0.5) is 4.39 Å². The molecule has 0 radical (unpaired) electrons. The smallest absolute Gasteiger partial charge is 0.139 e. The minimum atomic E-state index is -0.578. The first-order valence-electron chi connectivity index (χ1n) is 3.76. The van der Waals surface area contributed by atoms with Crippen LogP contribution in [0, 0.1) is 5.82 Å². The molecule has 13 heavy (non-hydrogen) atoms. The zero-order chi connectivity index (χ0) is 10.2. The Morgan fingerprint density at radius 1 is 1.46 bits per heavy atom. The minimum Gasteiger partial charge on any atom is -0.322 e. The Balaban J connectivity index is 3.29. The Hall–Kier alpha value is -0.120. The summed E-state index contributed by atoms with van der Waals surface area (Å²) in [5.74, 6) is -0.388. The molecule has 72 valence electrons. The highest BCUT2D eigenvalue weighted by molar-refractivity contribution is 9.10. The van der Waals surface area contributed by atoms with Gasteiger partial charge in [-0.1, -0.05) is 11.6 Å². The lowest BCUT2D eigenvalue weighted by molar-refractivity contribution is 0.542. The number of hydrogen-bond acceptors (Lipinski definition) is 1. The van der Waals surface area contributed by atoms with Gasteiger partial charge in [0.15, 0.2) is 0 Å². The molecule has 0 aliphatic carbocycles.